The fraction of sp³-hybridized carbons (Fsp3) is 0.706. The summed E-state index contributed by atoms with van der Waals surface area (Å²) in [5, 5.41) is 16.2. The molecule has 3 N–H and O–H groups in total. The molecule has 0 aliphatic heterocycles. The number of nitrogens with zero attached hydrogens (tertiary/aromatic N) is 3. The first kappa shape index (κ1) is 18.6. The lowest BCUT2D eigenvalue weighted by molar-refractivity contribution is 0.165. The lowest BCUT2D eigenvalue weighted by Crippen LogP contribution is -2.24. The minimum Gasteiger partial charge on any atom is -0.386 e. The van der Waals surface area contributed by atoms with Crippen LogP contribution in [0, 0.1) is 5.92 Å². The van der Waals surface area contributed by atoms with Crippen molar-refractivity contribution in [2.75, 3.05) is 10.6 Å². The summed E-state index contributed by atoms with van der Waals surface area (Å²) in [6, 6.07) is 0.314. The third kappa shape index (κ3) is 4.63. The van der Waals surface area contributed by atoms with Crippen LogP contribution in [0.15, 0.2) is 5.83 Å². The maximum absolute atomic E-state index is 14.3. The van der Waals surface area contributed by atoms with Crippen LogP contribution in [0.1, 0.15) is 59.7 Å². The van der Waals surface area contributed by atoms with Crippen molar-refractivity contribution in [1.82, 2.24) is 15.0 Å². The highest BCUT2D eigenvalue weighted by Crippen LogP contribution is 2.32. The maximum atomic E-state index is 14.3. The van der Waals surface area contributed by atoms with E-state index >= 15 is 0 Å². The van der Waals surface area contributed by atoms with Crippen molar-refractivity contribution >= 4 is 17.5 Å². The van der Waals surface area contributed by atoms with Gasteiger partial charge in [0.15, 0.2) is 5.82 Å². The smallest absolute Gasteiger partial charge is 0.228 e. The summed E-state index contributed by atoms with van der Waals surface area (Å²) < 4.78 is 14.3. The number of nitrogens with one attached hydrogen (secondary N) is 2. The predicted molar refractivity (Wildman–Crippen MR) is 94.4 cm³/mol. The molecule has 6 nitrogen and oxygen atoms in total. The number of aliphatic hydroxyl groups excluding tert-OH is 1. The second-order valence-corrected chi connectivity index (χ2v) is 7.02. The lowest BCUT2D eigenvalue weighted by atomic mass is 9.96. The van der Waals surface area contributed by atoms with Gasteiger partial charge in [-0.2, -0.15) is 15.0 Å². The molecule has 1 heterocycles. The maximum Gasteiger partial charge on any atom is 0.228 e. The molecule has 0 spiro atoms. The molecule has 0 aromatic carbocycles. The van der Waals surface area contributed by atoms with E-state index in [1.807, 2.05) is 20.8 Å². The zero-order valence-electron chi connectivity index (χ0n) is 15.1. The number of hydrogen-bond acceptors (Lipinski definition) is 6. The summed E-state index contributed by atoms with van der Waals surface area (Å²) in [5.41, 5.74) is 0.378. The van der Waals surface area contributed by atoms with Gasteiger partial charge in [0, 0.05) is 17.7 Å². The highest BCUT2D eigenvalue weighted by Gasteiger charge is 2.25. The van der Waals surface area contributed by atoms with E-state index in [2.05, 4.69) is 39.4 Å². The molecule has 24 heavy (non-hydrogen) atoms. The average molecular weight is 337 g/mol. The SMILES string of the molecule is CC(C)Nc1nc(N[C@@H](C)C(C)C)nc(C2=C(F)C(O)CCC2)n1. The average Bonchev–Trinajstić information content (AvgIpc) is 2.48. The lowest BCUT2D eigenvalue weighted by Gasteiger charge is -2.21. The quantitative estimate of drug-likeness (QED) is 0.738. The van der Waals surface area contributed by atoms with E-state index in [1.54, 1.807) is 0 Å². The molecule has 2 rings (SSSR count). The first-order valence-electron chi connectivity index (χ1n) is 8.64. The van der Waals surface area contributed by atoms with Crippen LogP contribution in [0.4, 0.5) is 16.3 Å². The molecule has 134 valence electrons. The van der Waals surface area contributed by atoms with Crippen molar-refractivity contribution in [3.05, 3.63) is 11.7 Å². The van der Waals surface area contributed by atoms with Crippen molar-refractivity contribution in [3.63, 3.8) is 0 Å². The second kappa shape index (κ2) is 7.88. The fourth-order valence-electron chi connectivity index (χ4n) is 2.41. The van der Waals surface area contributed by atoms with Crippen LogP contribution in [0.2, 0.25) is 0 Å². The summed E-state index contributed by atoms with van der Waals surface area (Å²) in [5.74, 6) is 1.01. The Morgan fingerprint density at radius 2 is 1.67 bits per heavy atom. The Labute approximate surface area is 143 Å². The molecule has 0 amide bonds. The Bertz CT molecular complexity index is 603. The van der Waals surface area contributed by atoms with Crippen molar-refractivity contribution in [3.8, 4) is 0 Å². The molecule has 0 radical (unpaired) electrons. The summed E-state index contributed by atoms with van der Waals surface area (Å²) in [4.78, 5) is 13.1. The molecular weight excluding hydrogens is 309 g/mol. The van der Waals surface area contributed by atoms with Gasteiger partial charge in [0.1, 0.15) is 11.9 Å². The number of anilines is 2. The minimum atomic E-state index is -1.06. The second-order valence-electron chi connectivity index (χ2n) is 7.02. The Morgan fingerprint density at radius 1 is 1.04 bits per heavy atom. The fourth-order valence-corrected chi connectivity index (χ4v) is 2.41. The summed E-state index contributed by atoms with van der Waals surface area (Å²) in [6.45, 7) is 10.2. The zero-order valence-corrected chi connectivity index (χ0v) is 15.1. The van der Waals surface area contributed by atoms with Crippen molar-refractivity contribution in [1.29, 1.82) is 0 Å². The van der Waals surface area contributed by atoms with Crippen LogP contribution in [-0.2, 0) is 0 Å². The first-order chi connectivity index (χ1) is 11.3. The van der Waals surface area contributed by atoms with Crippen LogP contribution in [0.5, 0.6) is 0 Å². The molecule has 0 saturated heterocycles. The largest absolute Gasteiger partial charge is 0.386 e. The van der Waals surface area contributed by atoms with E-state index < -0.39 is 11.9 Å². The van der Waals surface area contributed by atoms with Crippen LogP contribution in [-0.4, -0.2) is 38.2 Å². The Morgan fingerprint density at radius 3 is 2.25 bits per heavy atom. The third-order valence-electron chi connectivity index (χ3n) is 4.17. The van der Waals surface area contributed by atoms with Crippen LogP contribution >= 0.6 is 0 Å². The first-order valence-corrected chi connectivity index (χ1v) is 8.64. The summed E-state index contributed by atoms with van der Waals surface area (Å²) in [6.07, 6.45) is 0.617. The van der Waals surface area contributed by atoms with Gasteiger partial charge >= 0.3 is 0 Å². The topological polar surface area (TPSA) is 83.0 Å². The zero-order chi connectivity index (χ0) is 17.9. The van der Waals surface area contributed by atoms with E-state index in [1.165, 1.54) is 0 Å². The number of halogens is 1. The van der Waals surface area contributed by atoms with Crippen LogP contribution in [0.25, 0.3) is 5.57 Å². The van der Waals surface area contributed by atoms with E-state index in [4.69, 9.17) is 0 Å². The van der Waals surface area contributed by atoms with Gasteiger partial charge in [-0.25, -0.2) is 4.39 Å². The number of aliphatic hydroxyl groups is 1. The van der Waals surface area contributed by atoms with Crippen LogP contribution < -0.4 is 10.6 Å². The van der Waals surface area contributed by atoms with Gasteiger partial charge in [0.25, 0.3) is 0 Å². The number of hydrogen-bond donors (Lipinski definition) is 3. The Balaban J connectivity index is 2.41. The molecule has 1 aromatic heterocycles. The normalized spacial score (nSPS) is 19.8. The van der Waals surface area contributed by atoms with Crippen molar-refractivity contribution in [2.24, 2.45) is 5.92 Å². The molecule has 1 aromatic rings. The molecule has 0 saturated carbocycles. The van der Waals surface area contributed by atoms with Crippen LogP contribution in [0.3, 0.4) is 0 Å². The number of rotatable bonds is 6. The molecule has 1 aliphatic rings. The minimum absolute atomic E-state index is 0.145. The highest BCUT2D eigenvalue weighted by molar-refractivity contribution is 5.65. The van der Waals surface area contributed by atoms with Gasteiger partial charge in [-0.1, -0.05) is 13.8 Å². The standard InChI is InChI=1S/C17H28FN5O/c1-9(2)11(5)20-17-22-15(21-16(23-17)19-10(3)4)12-7-6-8-13(24)14(12)18/h9-11,13,24H,6-8H2,1-5H3,(H2,19,20,21,22,23)/t11-,13?/m0/s1. The van der Waals surface area contributed by atoms with E-state index in [9.17, 15) is 9.50 Å². The summed E-state index contributed by atoms with van der Waals surface area (Å²) in [7, 11) is 0. The highest BCUT2D eigenvalue weighted by atomic mass is 19.1. The van der Waals surface area contributed by atoms with Gasteiger partial charge in [-0.3, -0.25) is 0 Å². The van der Waals surface area contributed by atoms with E-state index in [0.29, 0.717) is 48.5 Å². The van der Waals surface area contributed by atoms with Gasteiger partial charge in [-0.15, -0.1) is 0 Å². The van der Waals surface area contributed by atoms with E-state index in [0.717, 1.165) is 0 Å². The number of allylic oxidation sites excluding steroid dienone is 1. The monoisotopic (exact) mass is 337 g/mol. The van der Waals surface area contributed by atoms with Crippen molar-refractivity contribution < 1.29 is 9.50 Å². The Kier molecular flexibility index (Phi) is 6.10. The number of aromatic nitrogens is 3. The van der Waals surface area contributed by atoms with Gasteiger partial charge in [0.05, 0.1) is 0 Å². The molecule has 7 heteroatoms. The molecular formula is C17H28FN5O. The molecule has 1 aliphatic carbocycles. The summed E-state index contributed by atoms with van der Waals surface area (Å²) >= 11 is 0. The van der Waals surface area contributed by atoms with Gasteiger partial charge in [-0.05, 0) is 46.0 Å². The third-order valence-corrected chi connectivity index (χ3v) is 4.17. The van der Waals surface area contributed by atoms with Gasteiger partial charge in [0.2, 0.25) is 11.9 Å². The van der Waals surface area contributed by atoms with Gasteiger partial charge < -0.3 is 15.7 Å². The predicted octanol–water partition coefficient (Wildman–Crippen LogP) is 3.37. The molecule has 0 fully saturated rings. The molecule has 0 bridgehead atoms. The molecule has 2 atom stereocenters. The van der Waals surface area contributed by atoms with Crippen molar-refractivity contribution in [2.45, 2.75) is 72.1 Å². The Hall–Kier alpha value is -1.76. The molecule has 1 unspecified atom stereocenters. The van der Waals surface area contributed by atoms with E-state index in [-0.39, 0.29) is 12.1 Å².